The van der Waals surface area contributed by atoms with Crippen LogP contribution in [0.1, 0.15) is 17.3 Å². The average Bonchev–Trinajstić information content (AvgIpc) is 2.54. The molecule has 1 amide bonds. The van der Waals surface area contributed by atoms with E-state index in [-0.39, 0.29) is 11.5 Å². The van der Waals surface area contributed by atoms with Crippen molar-refractivity contribution in [2.45, 2.75) is 6.92 Å². The van der Waals surface area contributed by atoms with Gasteiger partial charge in [0.05, 0.1) is 16.8 Å². The van der Waals surface area contributed by atoms with Gasteiger partial charge in [0.25, 0.3) is 0 Å². The van der Waals surface area contributed by atoms with Crippen molar-refractivity contribution in [1.29, 1.82) is 0 Å². The summed E-state index contributed by atoms with van der Waals surface area (Å²) in [6.07, 6.45) is 0. The van der Waals surface area contributed by atoms with Crippen molar-refractivity contribution in [3.8, 4) is 11.3 Å². The van der Waals surface area contributed by atoms with E-state index in [4.69, 9.17) is 0 Å². The molecule has 0 bridgehead atoms. The molecule has 1 aromatic heterocycles. The summed E-state index contributed by atoms with van der Waals surface area (Å²) in [5.41, 5.74) is 2.71. The summed E-state index contributed by atoms with van der Waals surface area (Å²) in [5, 5.41) is 12.7. The number of hydrogen-bond acceptors (Lipinski definition) is 3. The van der Waals surface area contributed by atoms with Crippen molar-refractivity contribution >= 4 is 28.5 Å². The van der Waals surface area contributed by atoms with Crippen LogP contribution in [0, 0.1) is 0 Å². The number of benzene rings is 2. The first kappa shape index (κ1) is 14.7. The van der Waals surface area contributed by atoms with Crippen molar-refractivity contribution in [2.75, 3.05) is 5.32 Å². The molecule has 0 atom stereocenters. The number of pyridine rings is 1. The first-order valence-corrected chi connectivity index (χ1v) is 7.06. The Kier molecular flexibility index (Phi) is 3.76. The standard InChI is InChI=1S/C18H14N2O3/c1-11(21)19-13-7-8-16-14(9-13)15(18(22)23)10-17(20-16)12-5-3-2-4-6-12/h2-10H,1H3,(H,19,21)(H,22,23). The Balaban J connectivity index is 2.21. The minimum atomic E-state index is -1.03. The molecule has 2 aromatic carbocycles. The summed E-state index contributed by atoms with van der Waals surface area (Å²) < 4.78 is 0. The van der Waals surface area contributed by atoms with E-state index < -0.39 is 5.97 Å². The number of nitrogens with one attached hydrogen (secondary N) is 1. The fraction of sp³-hybridized carbons (Fsp3) is 0.0556. The average molecular weight is 306 g/mol. The predicted molar refractivity (Wildman–Crippen MR) is 88.4 cm³/mol. The van der Waals surface area contributed by atoms with Crippen LogP contribution in [-0.2, 0) is 4.79 Å². The van der Waals surface area contributed by atoms with E-state index in [1.807, 2.05) is 30.3 Å². The van der Waals surface area contributed by atoms with Gasteiger partial charge in [-0.15, -0.1) is 0 Å². The molecule has 5 heteroatoms. The number of carbonyl (C=O) groups excluding carboxylic acids is 1. The molecule has 5 nitrogen and oxygen atoms in total. The molecule has 114 valence electrons. The zero-order chi connectivity index (χ0) is 16.4. The lowest BCUT2D eigenvalue weighted by atomic mass is 10.0. The molecule has 23 heavy (non-hydrogen) atoms. The minimum Gasteiger partial charge on any atom is -0.478 e. The molecule has 2 N–H and O–H groups in total. The van der Waals surface area contributed by atoms with Crippen LogP contribution in [0.25, 0.3) is 22.2 Å². The van der Waals surface area contributed by atoms with Gasteiger partial charge < -0.3 is 10.4 Å². The van der Waals surface area contributed by atoms with Crippen LogP contribution >= 0.6 is 0 Å². The monoisotopic (exact) mass is 306 g/mol. The molecule has 0 aliphatic carbocycles. The van der Waals surface area contributed by atoms with Crippen molar-refractivity contribution in [3.63, 3.8) is 0 Å². The van der Waals surface area contributed by atoms with Crippen molar-refractivity contribution in [2.24, 2.45) is 0 Å². The topological polar surface area (TPSA) is 79.3 Å². The van der Waals surface area contributed by atoms with Gasteiger partial charge in [-0.05, 0) is 24.3 Å². The molecule has 0 aliphatic rings. The Morgan fingerprint density at radius 3 is 2.43 bits per heavy atom. The third kappa shape index (κ3) is 3.03. The number of rotatable bonds is 3. The lowest BCUT2D eigenvalue weighted by Crippen LogP contribution is -2.06. The molecule has 0 saturated heterocycles. The molecule has 0 fully saturated rings. The number of carboxylic acids is 1. The van der Waals surface area contributed by atoms with E-state index >= 15 is 0 Å². The number of aromatic carboxylic acids is 1. The highest BCUT2D eigenvalue weighted by Gasteiger charge is 2.13. The first-order chi connectivity index (χ1) is 11.0. The minimum absolute atomic E-state index is 0.154. The fourth-order valence-electron chi connectivity index (χ4n) is 2.44. The largest absolute Gasteiger partial charge is 0.478 e. The highest BCUT2D eigenvalue weighted by atomic mass is 16.4. The summed E-state index contributed by atoms with van der Waals surface area (Å²) >= 11 is 0. The van der Waals surface area contributed by atoms with Gasteiger partial charge in [-0.1, -0.05) is 30.3 Å². The van der Waals surface area contributed by atoms with Gasteiger partial charge in [0, 0.05) is 23.6 Å². The Labute approximate surface area is 132 Å². The molecule has 1 heterocycles. The number of fused-ring (bicyclic) bond motifs is 1. The highest BCUT2D eigenvalue weighted by Crippen LogP contribution is 2.27. The summed E-state index contributed by atoms with van der Waals surface area (Å²) in [5.74, 6) is -1.25. The van der Waals surface area contributed by atoms with Crippen LogP contribution in [0.3, 0.4) is 0 Å². The molecule has 0 saturated carbocycles. The molecular weight excluding hydrogens is 292 g/mol. The van der Waals surface area contributed by atoms with Gasteiger partial charge in [-0.25, -0.2) is 9.78 Å². The normalized spacial score (nSPS) is 10.5. The van der Waals surface area contributed by atoms with E-state index in [9.17, 15) is 14.7 Å². The van der Waals surface area contributed by atoms with E-state index in [0.29, 0.717) is 22.3 Å². The van der Waals surface area contributed by atoms with Gasteiger partial charge in [0.15, 0.2) is 0 Å². The van der Waals surface area contributed by atoms with Crippen LogP contribution in [-0.4, -0.2) is 22.0 Å². The molecule has 0 unspecified atom stereocenters. The molecule has 3 rings (SSSR count). The van der Waals surface area contributed by atoms with E-state index in [0.717, 1.165) is 5.56 Å². The fourth-order valence-corrected chi connectivity index (χ4v) is 2.44. The third-order valence-electron chi connectivity index (χ3n) is 3.43. The number of carbonyl (C=O) groups is 2. The SMILES string of the molecule is CC(=O)Nc1ccc2nc(-c3ccccc3)cc(C(=O)O)c2c1. The molecule has 0 aliphatic heterocycles. The summed E-state index contributed by atoms with van der Waals surface area (Å²) in [6.45, 7) is 1.40. The number of carboxylic acid groups (broad SMARTS) is 1. The summed E-state index contributed by atoms with van der Waals surface area (Å²) in [4.78, 5) is 27.3. The van der Waals surface area contributed by atoms with Crippen LogP contribution in [0.4, 0.5) is 5.69 Å². The van der Waals surface area contributed by atoms with E-state index in [1.165, 1.54) is 6.92 Å². The van der Waals surface area contributed by atoms with Gasteiger partial charge in [-0.2, -0.15) is 0 Å². The second-order valence-electron chi connectivity index (χ2n) is 5.14. The van der Waals surface area contributed by atoms with Crippen LogP contribution in [0.5, 0.6) is 0 Å². The van der Waals surface area contributed by atoms with Gasteiger partial charge in [0.2, 0.25) is 5.91 Å². The van der Waals surface area contributed by atoms with Gasteiger partial charge in [-0.3, -0.25) is 4.79 Å². The maximum absolute atomic E-state index is 11.6. The van der Waals surface area contributed by atoms with E-state index in [1.54, 1.807) is 24.3 Å². The molecule has 0 spiro atoms. The molecule has 0 radical (unpaired) electrons. The van der Waals surface area contributed by atoms with Crippen LogP contribution < -0.4 is 5.32 Å². The number of nitrogens with zero attached hydrogens (tertiary/aromatic N) is 1. The number of anilines is 1. The maximum Gasteiger partial charge on any atom is 0.336 e. The number of hydrogen-bond donors (Lipinski definition) is 2. The van der Waals surface area contributed by atoms with Gasteiger partial charge in [0.1, 0.15) is 0 Å². The van der Waals surface area contributed by atoms with Crippen LogP contribution in [0.2, 0.25) is 0 Å². The quantitative estimate of drug-likeness (QED) is 0.775. The molecular formula is C18H14N2O3. The van der Waals surface area contributed by atoms with Gasteiger partial charge >= 0.3 is 5.97 Å². The smallest absolute Gasteiger partial charge is 0.336 e. The second kappa shape index (κ2) is 5.88. The summed E-state index contributed by atoms with van der Waals surface area (Å²) in [7, 11) is 0. The number of amides is 1. The second-order valence-corrected chi connectivity index (χ2v) is 5.14. The highest BCUT2D eigenvalue weighted by molar-refractivity contribution is 6.05. The summed E-state index contributed by atoms with van der Waals surface area (Å²) in [6, 6.07) is 16.0. The number of aromatic nitrogens is 1. The van der Waals surface area contributed by atoms with Crippen molar-refractivity contribution < 1.29 is 14.7 Å². The lowest BCUT2D eigenvalue weighted by Gasteiger charge is -2.09. The Morgan fingerprint density at radius 1 is 1.04 bits per heavy atom. The lowest BCUT2D eigenvalue weighted by molar-refractivity contribution is -0.114. The Morgan fingerprint density at radius 2 is 1.78 bits per heavy atom. The molecule has 3 aromatic rings. The van der Waals surface area contributed by atoms with Crippen molar-refractivity contribution in [3.05, 3.63) is 60.2 Å². The third-order valence-corrected chi connectivity index (χ3v) is 3.43. The predicted octanol–water partition coefficient (Wildman–Crippen LogP) is 3.56. The zero-order valence-corrected chi connectivity index (χ0v) is 12.4. The van der Waals surface area contributed by atoms with E-state index in [2.05, 4.69) is 10.3 Å². The zero-order valence-electron chi connectivity index (χ0n) is 12.4. The van der Waals surface area contributed by atoms with Crippen molar-refractivity contribution in [1.82, 2.24) is 4.98 Å². The Bertz CT molecular complexity index is 905. The van der Waals surface area contributed by atoms with Crippen LogP contribution in [0.15, 0.2) is 54.6 Å². The first-order valence-electron chi connectivity index (χ1n) is 7.06. The Hall–Kier alpha value is -3.21. The maximum atomic E-state index is 11.6.